The zero-order valence-corrected chi connectivity index (χ0v) is 7.53. The lowest BCUT2D eigenvalue weighted by molar-refractivity contribution is 0.0536. The number of rotatable bonds is 3. The molecule has 70 valence electrons. The van der Waals surface area contributed by atoms with Gasteiger partial charge in [0.2, 0.25) is 0 Å². The number of carbonyl (C=O) groups is 1. The highest BCUT2D eigenvalue weighted by Crippen LogP contribution is 2.01. The molecular weight excluding hydrogens is 168 g/mol. The van der Waals surface area contributed by atoms with Crippen LogP contribution >= 0.6 is 0 Å². The van der Waals surface area contributed by atoms with Gasteiger partial charge in [-0.05, 0) is 12.5 Å². The number of hydrogen-bond acceptors (Lipinski definition) is 3. The van der Waals surface area contributed by atoms with Crippen LogP contribution in [0.1, 0.15) is 12.5 Å². The lowest BCUT2D eigenvalue weighted by Crippen LogP contribution is -2.06. The molecule has 0 saturated carbocycles. The molecule has 0 aromatic heterocycles. The quantitative estimate of drug-likeness (QED) is 0.670. The summed E-state index contributed by atoms with van der Waals surface area (Å²) in [5, 5.41) is 0. The molecule has 0 heterocycles. The fourth-order valence-electron chi connectivity index (χ4n) is 0.876. The third kappa shape index (κ3) is 3.60. The van der Waals surface area contributed by atoms with Crippen molar-refractivity contribution in [2.24, 2.45) is 0 Å². The van der Waals surface area contributed by atoms with E-state index in [0.29, 0.717) is 6.61 Å². The molecular formula is C10H12O3. The summed E-state index contributed by atoms with van der Waals surface area (Å²) in [5.74, 6) is 0. The summed E-state index contributed by atoms with van der Waals surface area (Å²) in [7, 11) is 0. The molecule has 0 bridgehead atoms. The van der Waals surface area contributed by atoms with Crippen molar-refractivity contribution in [2.45, 2.75) is 13.5 Å². The van der Waals surface area contributed by atoms with E-state index in [-0.39, 0.29) is 6.61 Å². The van der Waals surface area contributed by atoms with E-state index in [9.17, 15) is 4.79 Å². The second kappa shape index (κ2) is 5.19. The molecule has 0 fully saturated rings. The standard InChI is InChI=1S/C10H12O3/c1-2-12-10(11)13-8-9-6-4-3-5-7-9/h3-7H,2,8H2,1H3. The zero-order chi connectivity index (χ0) is 9.52. The van der Waals surface area contributed by atoms with E-state index < -0.39 is 6.16 Å². The SMILES string of the molecule is CCOC(=O)OCc1ccccc1. The Morgan fingerprint density at radius 2 is 1.92 bits per heavy atom. The van der Waals surface area contributed by atoms with Crippen LogP contribution in [0.5, 0.6) is 0 Å². The number of hydrogen-bond donors (Lipinski definition) is 0. The highest BCUT2D eigenvalue weighted by Gasteiger charge is 2.01. The molecule has 0 unspecified atom stereocenters. The van der Waals surface area contributed by atoms with Crippen LogP contribution in [-0.2, 0) is 16.1 Å². The van der Waals surface area contributed by atoms with Crippen molar-refractivity contribution in [3.8, 4) is 0 Å². The summed E-state index contributed by atoms with van der Waals surface area (Å²) in [4.78, 5) is 10.8. The van der Waals surface area contributed by atoms with Crippen LogP contribution in [0.2, 0.25) is 0 Å². The monoisotopic (exact) mass is 180 g/mol. The summed E-state index contributed by atoms with van der Waals surface area (Å²) >= 11 is 0. The van der Waals surface area contributed by atoms with E-state index in [4.69, 9.17) is 4.74 Å². The Hall–Kier alpha value is -1.51. The van der Waals surface area contributed by atoms with E-state index >= 15 is 0 Å². The van der Waals surface area contributed by atoms with Crippen LogP contribution in [0.25, 0.3) is 0 Å². The largest absolute Gasteiger partial charge is 0.508 e. The predicted octanol–water partition coefficient (Wildman–Crippen LogP) is 2.36. The zero-order valence-electron chi connectivity index (χ0n) is 7.53. The summed E-state index contributed by atoms with van der Waals surface area (Å²) in [6.45, 7) is 2.34. The Morgan fingerprint density at radius 1 is 1.23 bits per heavy atom. The molecule has 0 aliphatic carbocycles. The van der Waals surface area contributed by atoms with Crippen molar-refractivity contribution in [3.63, 3.8) is 0 Å². The fraction of sp³-hybridized carbons (Fsp3) is 0.300. The molecule has 0 aliphatic rings. The molecule has 0 radical (unpaired) electrons. The van der Waals surface area contributed by atoms with Gasteiger partial charge in [0, 0.05) is 0 Å². The maximum absolute atomic E-state index is 10.8. The van der Waals surface area contributed by atoms with E-state index in [2.05, 4.69) is 4.74 Å². The molecule has 1 aromatic rings. The average Bonchev–Trinajstić information content (AvgIpc) is 2.17. The summed E-state index contributed by atoms with van der Waals surface area (Å²) < 4.78 is 9.41. The third-order valence-electron chi connectivity index (χ3n) is 1.46. The molecule has 0 atom stereocenters. The first-order valence-electron chi connectivity index (χ1n) is 4.16. The van der Waals surface area contributed by atoms with Crippen LogP contribution in [0.3, 0.4) is 0 Å². The highest BCUT2D eigenvalue weighted by atomic mass is 16.7. The second-order valence-corrected chi connectivity index (χ2v) is 2.46. The summed E-state index contributed by atoms with van der Waals surface area (Å²) in [5.41, 5.74) is 0.954. The average molecular weight is 180 g/mol. The number of benzene rings is 1. The lowest BCUT2D eigenvalue weighted by atomic mass is 10.2. The van der Waals surface area contributed by atoms with Gasteiger partial charge in [-0.2, -0.15) is 0 Å². The van der Waals surface area contributed by atoms with Crippen molar-refractivity contribution in [2.75, 3.05) is 6.61 Å². The first-order valence-corrected chi connectivity index (χ1v) is 4.16. The van der Waals surface area contributed by atoms with Gasteiger partial charge in [0.05, 0.1) is 6.61 Å². The van der Waals surface area contributed by atoms with Gasteiger partial charge in [-0.25, -0.2) is 4.79 Å². The van der Waals surface area contributed by atoms with Crippen molar-refractivity contribution < 1.29 is 14.3 Å². The van der Waals surface area contributed by atoms with Gasteiger partial charge < -0.3 is 9.47 Å². The molecule has 13 heavy (non-hydrogen) atoms. The molecule has 0 amide bonds. The van der Waals surface area contributed by atoms with Crippen molar-refractivity contribution in [1.82, 2.24) is 0 Å². The normalized spacial score (nSPS) is 9.31. The minimum absolute atomic E-state index is 0.264. The van der Waals surface area contributed by atoms with Crippen molar-refractivity contribution in [1.29, 1.82) is 0 Å². The summed E-state index contributed by atoms with van der Waals surface area (Å²) in [6, 6.07) is 9.47. The van der Waals surface area contributed by atoms with E-state index in [1.54, 1.807) is 6.92 Å². The van der Waals surface area contributed by atoms with E-state index in [0.717, 1.165) is 5.56 Å². The second-order valence-electron chi connectivity index (χ2n) is 2.46. The third-order valence-corrected chi connectivity index (χ3v) is 1.46. The Kier molecular flexibility index (Phi) is 3.82. The molecule has 3 heteroatoms. The maximum atomic E-state index is 10.8. The first-order chi connectivity index (χ1) is 6.33. The van der Waals surface area contributed by atoms with Gasteiger partial charge in [0.1, 0.15) is 6.61 Å². The van der Waals surface area contributed by atoms with Gasteiger partial charge in [-0.15, -0.1) is 0 Å². The Balaban J connectivity index is 2.31. The van der Waals surface area contributed by atoms with Crippen molar-refractivity contribution in [3.05, 3.63) is 35.9 Å². The van der Waals surface area contributed by atoms with Gasteiger partial charge in [0.25, 0.3) is 0 Å². The van der Waals surface area contributed by atoms with Gasteiger partial charge in [0.15, 0.2) is 0 Å². The Labute approximate surface area is 77.3 Å². The minimum Gasteiger partial charge on any atom is -0.435 e. The Morgan fingerprint density at radius 3 is 2.54 bits per heavy atom. The molecule has 3 nitrogen and oxygen atoms in total. The topological polar surface area (TPSA) is 35.5 Å². The van der Waals surface area contributed by atoms with E-state index in [1.165, 1.54) is 0 Å². The first kappa shape index (κ1) is 9.58. The van der Waals surface area contributed by atoms with Crippen LogP contribution in [0.4, 0.5) is 4.79 Å². The smallest absolute Gasteiger partial charge is 0.435 e. The molecule has 1 aromatic carbocycles. The van der Waals surface area contributed by atoms with E-state index in [1.807, 2.05) is 30.3 Å². The van der Waals surface area contributed by atoms with Crippen LogP contribution in [0.15, 0.2) is 30.3 Å². The number of ether oxygens (including phenoxy) is 2. The minimum atomic E-state index is -0.619. The molecule has 0 spiro atoms. The summed E-state index contributed by atoms with van der Waals surface area (Å²) in [6.07, 6.45) is -0.619. The molecule has 0 saturated heterocycles. The van der Waals surface area contributed by atoms with Crippen LogP contribution < -0.4 is 0 Å². The van der Waals surface area contributed by atoms with Gasteiger partial charge >= 0.3 is 6.16 Å². The van der Waals surface area contributed by atoms with Crippen LogP contribution in [0, 0.1) is 0 Å². The fourth-order valence-corrected chi connectivity index (χ4v) is 0.876. The molecule has 1 rings (SSSR count). The predicted molar refractivity (Wildman–Crippen MR) is 48.3 cm³/mol. The Bertz CT molecular complexity index is 256. The van der Waals surface area contributed by atoms with Crippen LogP contribution in [-0.4, -0.2) is 12.8 Å². The molecule has 0 N–H and O–H groups in total. The molecule has 0 aliphatic heterocycles. The van der Waals surface area contributed by atoms with Gasteiger partial charge in [-0.3, -0.25) is 0 Å². The van der Waals surface area contributed by atoms with Crippen molar-refractivity contribution >= 4 is 6.16 Å². The maximum Gasteiger partial charge on any atom is 0.508 e. The highest BCUT2D eigenvalue weighted by molar-refractivity contribution is 5.59. The van der Waals surface area contributed by atoms with Gasteiger partial charge in [-0.1, -0.05) is 30.3 Å². The lowest BCUT2D eigenvalue weighted by Gasteiger charge is -2.03. The number of carbonyl (C=O) groups excluding carboxylic acids is 1.